The Morgan fingerprint density at radius 2 is 1.50 bits per heavy atom. The summed E-state index contributed by atoms with van der Waals surface area (Å²) in [6.45, 7) is 13.7. The average Bonchev–Trinajstić information content (AvgIpc) is 2.22. The van der Waals surface area contributed by atoms with E-state index >= 15 is 0 Å². The second-order valence-electron chi connectivity index (χ2n) is 6.92. The van der Waals surface area contributed by atoms with E-state index in [0.717, 1.165) is 13.1 Å². The fraction of sp³-hybridized carbons (Fsp3) is 0.929. The van der Waals surface area contributed by atoms with Gasteiger partial charge in [0, 0.05) is 30.7 Å². The van der Waals surface area contributed by atoms with Gasteiger partial charge in [-0.3, -0.25) is 9.69 Å². The molecule has 0 aromatic carbocycles. The van der Waals surface area contributed by atoms with Crippen molar-refractivity contribution in [1.82, 2.24) is 9.80 Å². The van der Waals surface area contributed by atoms with Gasteiger partial charge in [-0.2, -0.15) is 0 Å². The molecule has 0 radical (unpaired) electrons. The summed E-state index contributed by atoms with van der Waals surface area (Å²) < 4.78 is 0. The molecule has 18 heavy (non-hydrogen) atoms. The number of nitrogens with two attached hydrogens (primary N) is 1. The predicted octanol–water partition coefficient (Wildman–Crippen LogP) is 1.30. The van der Waals surface area contributed by atoms with E-state index < -0.39 is 11.0 Å². The molecule has 2 N–H and O–H groups in total. The van der Waals surface area contributed by atoms with E-state index in [1.54, 1.807) is 0 Å². The third kappa shape index (κ3) is 2.69. The topological polar surface area (TPSA) is 49.6 Å². The Hall–Kier alpha value is -0.610. The molecular weight excluding hydrogens is 226 g/mol. The van der Waals surface area contributed by atoms with Crippen LogP contribution in [0.2, 0.25) is 0 Å². The van der Waals surface area contributed by atoms with Gasteiger partial charge in [0.1, 0.15) is 0 Å². The Balaban J connectivity index is 2.86. The number of carbonyl (C=O) groups is 1. The first-order valence-electron chi connectivity index (χ1n) is 6.78. The van der Waals surface area contributed by atoms with Crippen LogP contribution in [0, 0.1) is 5.41 Å². The molecule has 1 heterocycles. The van der Waals surface area contributed by atoms with E-state index in [1.165, 1.54) is 0 Å². The van der Waals surface area contributed by atoms with Gasteiger partial charge < -0.3 is 10.6 Å². The minimum absolute atomic E-state index is 0.168. The van der Waals surface area contributed by atoms with Crippen LogP contribution in [-0.2, 0) is 4.79 Å². The van der Waals surface area contributed by atoms with Gasteiger partial charge in [0.2, 0.25) is 5.91 Å². The van der Waals surface area contributed by atoms with Gasteiger partial charge in [0.15, 0.2) is 0 Å². The molecule has 0 saturated carbocycles. The van der Waals surface area contributed by atoms with Crippen molar-refractivity contribution in [1.29, 1.82) is 0 Å². The summed E-state index contributed by atoms with van der Waals surface area (Å²) in [5.41, 5.74) is 5.11. The molecule has 2 unspecified atom stereocenters. The fourth-order valence-electron chi connectivity index (χ4n) is 2.24. The van der Waals surface area contributed by atoms with Gasteiger partial charge in [-0.05, 0) is 48.6 Å². The minimum Gasteiger partial charge on any atom is -0.339 e. The highest BCUT2D eigenvalue weighted by atomic mass is 16.2. The summed E-state index contributed by atoms with van der Waals surface area (Å²) in [6, 6.07) is 0.795. The Labute approximate surface area is 111 Å². The van der Waals surface area contributed by atoms with E-state index in [4.69, 9.17) is 5.73 Å². The largest absolute Gasteiger partial charge is 0.339 e. The van der Waals surface area contributed by atoms with Crippen LogP contribution < -0.4 is 5.73 Å². The van der Waals surface area contributed by atoms with Crippen molar-refractivity contribution in [2.75, 3.05) is 20.1 Å². The Morgan fingerprint density at radius 3 is 1.83 bits per heavy atom. The van der Waals surface area contributed by atoms with Crippen LogP contribution in [0.3, 0.4) is 0 Å². The molecule has 106 valence electrons. The maximum atomic E-state index is 12.7. The number of hydrogen-bond donors (Lipinski definition) is 1. The zero-order valence-electron chi connectivity index (χ0n) is 12.9. The zero-order valence-corrected chi connectivity index (χ0v) is 12.9. The lowest BCUT2D eigenvalue weighted by Crippen LogP contribution is -2.62. The number of carbonyl (C=O) groups excluding carboxylic acids is 1. The number of amides is 1. The molecule has 1 aliphatic rings. The smallest absolute Gasteiger partial charge is 0.230 e. The molecular formula is C14H29N3O. The summed E-state index contributed by atoms with van der Waals surface area (Å²) in [5.74, 6) is 0.168. The molecule has 4 heteroatoms. The van der Waals surface area contributed by atoms with Crippen molar-refractivity contribution in [2.45, 2.75) is 59.2 Å². The lowest BCUT2D eigenvalue weighted by molar-refractivity contribution is -0.147. The summed E-state index contributed by atoms with van der Waals surface area (Å²) in [4.78, 5) is 17.0. The summed E-state index contributed by atoms with van der Waals surface area (Å²) in [6.07, 6.45) is 0. The molecule has 0 aromatic heterocycles. The van der Waals surface area contributed by atoms with Gasteiger partial charge in [-0.15, -0.1) is 0 Å². The van der Waals surface area contributed by atoms with Crippen molar-refractivity contribution < 1.29 is 4.79 Å². The van der Waals surface area contributed by atoms with Gasteiger partial charge in [0.25, 0.3) is 0 Å². The maximum Gasteiger partial charge on any atom is 0.230 e. The van der Waals surface area contributed by atoms with E-state index in [9.17, 15) is 4.79 Å². The standard InChI is InChI=1S/C14H29N3O/c1-10-8-17(9-11(2)16(10)7)12(18)13(3,4)14(5,6)15/h10-11H,8-9,15H2,1-7H3. The molecule has 1 rings (SSSR count). The highest BCUT2D eigenvalue weighted by molar-refractivity contribution is 5.83. The van der Waals surface area contributed by atoms with Crippen molar-refractivity contribution in [3.05, 3.63) is 0 Å². The Kier molecular flexibility index (Phi) is 4.13. The summed E-state index contributed by atoms with van der Waals surface area (Å²) in [7, 11) is 2.12. The lowest BCUT2D eigenvalue weighted by atomic mass is 9.74. The monoisotopic (exact) mass is 255 g/mol. The molecule has 0 spiro atoms. The van der Waals surface area contributed by atoms with Crippen LogP contribution in [-0.4, -0.2) is 53.5 Å². The normalized spacial score (nSPS) is 27.4. The van der Waals surface area contributed by atoms with E-state index in [-0.39, 0.29) is 5.91 Å². The zero-order chi connectivity index (χ0) is 14.3. The maximum absolute atomic E-state index is 12.7. The van der Waals surface area contributed by atoms with Crippen LogP contribution in [0.1, 0.15) is 41.5 Å². The van der Waals surface area contributed by atoms with Gasteiger partial charge in [0.05, 0.1) is 5.41 Å². The van der Waals surface area contributed by atoms with Crippen molar-refractivity contribution >= 4 is 5.91 Å². The van der Waals surface area contributed by atoms with Crippen LogP contribution in [0.15, 0.2) is 0 Å². The third-order valence-corrected chi connectivity index (χ3v) is 4.79. The van der Waals surface area contributed by atoms with Crippen molar-refractivity contribution in [3.8, 4) is 0 Å². The first-order valence-corrected chi connectivity index (χ1v) is 6.78. The molecule has 0 bridgehead atoms. The highest BCUT2D eigenvalue weighted by Crippen LogP contribution is 2.31. The summed E-state index contributed by atoms with van der Waals surface area (Å²) >= 11 is 0. The molecule has 1 aliphatic heterocycles. The van der Waals surface area contributed by atoms with Crippen LogP contribution in [0.25, 0.3) is 0 Å². The summed E-state index contributed by atoms with van der Waals surface area (Å²) in [5, 5.41) is 0. The molecule has 4 nitrogen and oxygen atoms in total. The van der Waals surface area contributed by atoms with Gasteiger partial charge >= 0.3 is 0 Å². The van der Waals surface area contributed by atoms with E-state index in [1.807, 2.05) is 32.6 Å². The fourth-order valence-corrected chi connectivity index (χ4v) is 2.24. The number of nitrogens with zero attached hydrogens (tertiary/aromatic N) is 2. The van der Waals surface area contributed by atoms with Crippen molar-refractivity contribution in [2.24, 2.45) is 11.1 Å². The number of hydrogen-bond acceptors (Lipinski definition) is 3. The molecule has 1 amide bonds. The first kappa shape index (κ1) is 15.4. The molecule has 2 atom stereocenters. The Morgan fingerprint density at radius 1 is 1.11 bits per heavy atom. The van der Waals surface area contributed by atoms with E-state index in [0.29, 0.717) is 12.1 Å². The molecule has 1 fully saturated rings. The SMILES string of the molecule is CC1CN(C(=O)C(C)(C)C(C)(C)N)CC(C)N1C. The number of likely N-dealkylation sites (N-methyl/N-ethyl adjacent to an activating group) is 1. The minimum atomic E-state index is -0.539. The highest BCUT2D eigenvalue weighted by Gasteiger charge is 2.44. The van der Waals surface area contributed by atoms with Crippen LogP contribution in [0.4, 0.5) is 0 Å². The van der Waals surface area contributed by atoms with Gasteiger partial charge in [-0.25, -0.2) is 0 Å². The predicted molar refractivity (Wildman–Crippen MR) is 75.3 cm³/mol. The van der Waals surface area contributed by atoms with Crippen molar-refractivity contribution in [3.63, 3.8) is 0 Å². The second-order valence-corrected chi connectivity index (χ2v) is 6.92. The molecule has 1 saturated heterocycles. The molecule has 0 aromatic rings. The average molecular weight is 255 g/mol. The quantitative estimate of drug-likeness (QED) is 0.809. The second kappa shape index (κ2) is 4.82. The van der Waals surface area contributed by atoms with Gasteiger partial charge in [-0.1, -0.05) is 0 Å². The van der Waals surface area contributed by atoms with E-state index in [2.05, 4.69) is 25.8 Å². The van der Waals surface area contributed by atoms with Crippen LogP contribution in [0.5, 0.6) is 0 Å². The third-order valence-electron chi connectivity index (χ3n) is 4.79. The molecule has 0 aliphatic carbocycles. The first-order chi connectivity index (χ1) is 7.98. The van der Waals surface area contributed by atoms with Crippen LogP contribution >= 0.6 is 0 Å². The Bertz CT molecular complexity index is 307. The number of piperazine rings is 1. The lowest BCUT2D eigenvalue weighted by Gasteiger charge is -2.47. The number of rotatable bonds is 2.